The molecule has 0 bridgehead atoms. The summed E-state index contributed by atoms with van der Waals surface area (Å²) in [4.78, 5) is 16.9. The van der Waals surface area contributed by atoms with Crippen LogP contribution >= 0.6 is 34.5 Å². The molecule has 11 heteroatoms. The van der Waals surface area contributed by atoms with E-state index in [1.54, 1.807) is 41.8 Å². The van der Waals surface area contributed by atoms with Gasteiger partial charge in [-0.15, -0.1) is 11.3 Å². The van der Waals surface area contributed by atoms with Crippen molar-refractivity contribution in [3.05, 3.63) is 69.7 Å². The van der Waals surface area contributed by atoms with Gasteiger partial charge in [-0.3, -0.25) is 15.2 Å². The number of aromatic nitrogens is 3. The molecule has 158 valence electrons. The van der Waals surface area contributed by atoms with Crippen LogP contribution in [0.25, 0.3) is 22.5 Å². The Kier molecular flexibility index (Phi) is 6.17. The van der Waals surface area contributed by atoms with Crippen LogP contribution in [0.5, 0.6) is 5.75 Å². The summed E-state index contributed by atoms with van der Waals surface area (Å²) >= 11 is 13.3. The van der Waals surface area contributed by atoms with Crippen LogP contribution in [0.3, 0.4) is 0 Å². The molecular weight excluding hydrogens is 469 g/mol. The molecule has 0 fully saturated rings. The highest BCUT2D eigenvalue weighted by Crippen LogP contribution is 2.30. The largest absolute Gasteiger partial charge is 0.435 e. The fourth-order valence-corrected chi connectivity index (χ4v) is 3.93. The molecule has 0 saturated carbocycles. The van der Waals surface area contributed by atoms with Gasteiger partial charge in [0.2, 0.25) is 0 Å². The van der Waals surface area contributed by atoms with Crippen LogP contribution in [0, 0.1) is 0 Å². The van der Waals surface area contributed by atoms with Crippen molar-refractivity contribution >= 4 is 45.6 Å². The maximum absolute atomic E-state index is 12.5. The zero-order valence-electron chi connectivity index (χ0n) is 15.4. The Hall–Kier alpha value is -3.01. The van der Waals surface area contributed by atoms with Crippen molar-refractivity contribution < 1.29 is 18.3 Å². The lowest BCUT2D eigenvalue weighted by molar-refractivity contribution is -0.0498. The van der Waals surface area contributed by atoms with E-state index in [-0.39, 0.29) is 11.4 Å². The SMILES string of the molecule is O=C(Nc1nc(-c2ccc(OC(F)F)cc2)cs1)c1cc(-c2ccc(Cl)cc2Cl)n[nH]1. The molecular formula is C20H12Cl2F2N4O2S. The highest BCUT2D eigenvalue weighted by atomic mass is 35.5. The minimum atomic E-state index is -2.88. The maximum atomic E-state index is 12.5. The number of H-pyrrole nitrogens is 1. The number of nitrogens with zero attached hydrogens (tertiary/aromatic N) is 2. The molecule has 4 aromatic rings. The second kappa shape index (κ2) is 9.01. The minimum absolute atomic E-state index is 0.0540. The fourth-order valence-electron chi connectivity index (χ4n) is 2.71. The summed E-state index contributed by atoms with van der Waals surface area (Å²) in [7, 11) is 0. The number of halogens is 4. The second-order valence-corrected chi connectivity index (χ2v) is 7.89. The van der Waals surface area contributed by atoms with E-state index in [2.05, 4.69) is 25.2 Å². The highest BCUT2D eigenvalue weighted by molar-refractivity contribution is 7.14. The third-order valence-electron chi connectivity index (χ3n) is 4.13. The van der Waals surface area contributed by atoms with Crippen LogP contribution in [-0.4, -0.2) is 27.7 Å². The topological polar surface area (TPSA) is 79.9 Å². The lowest BCUT2D eigenvalue weighted by Gasteiger charge is -2.04. The normalized spacial score (nSPS) is 11.0. The number of nitrogens with one attached hydrogen (secondary N) is 2. The van der Waals surface area contributed by atoms with Crippen molar-refractivity contribution in [1.82, 2.24) is 15.2 Å². The summed E-state index contributed by atoms with van der Waals surface area (Å²) in [5, 5.41) is 12.5. The van der Waals surface area contributed by atoms with Gasteiger partial charge in [-0.2, -0.15) is 13.9 Å². The Labute approximate surface area is 188 Å². The number of carbonyl (C=O) groups is 1. The molecule has 2 heterocycles. The molecule has 0 radical (unpaired) electrons. The molecule has 6 nitrogen and oxygen atoms in total. The van der Waals surface area contributed by atoms with Crippen molar-refractivity contribution in [3.63, 3.8) is 0 Å². The Bertz CT molecular complexity index is 1230. The van der Waals surface area contributed by atoms with E-state index in [0.29, 0.717) is 37.7 Å². The van der Waals surface area contributed by atoms with Crippen molar-refractivity contribution in [2.75, 3.05) is 5.32 Å². The van der Waals surface area contributed by atoms with E-state index < -0.39 is 12.5 Å². The van der Waals surface area contributed by atoms with Crippen molar-refractivity contribution in [1.29, 1.82) is 0 Å². The van der Waals surface area contributed by atoms with Gasteiger partial charge in [-0.25, -0.2) is 4.98 Å². The van der Waals surface area contributed by atoms with Gasteiger partial charge in [-0.1, -0.05) is 23.2 Å². The molecule has 0 saturated heterocycles. The Morgan fingerprint density at radius 1 is 1.10 bits per heavy atom. The molecule has 0 aliphatic heterocycles. The number of benzene rings is 2. The second-order valence-electron chi connectivity index (χ2n) is 6.19. The number of rotatable bonds is 6. The van der Waals surface area contributed by atoms with Crippen LogP contribution in [0.1, 0.15) is 10.5 Å². The minimum Gasteiger partial charge on any atom is -0.435 e. The molecule has 2 N–H and O–H groups in total. The highest BCUT2D eigenvalue weighted by Gasteiger charge is 2.15. The fraction of sp³-hybridized carbons (Fsp3) is 0.0500. The van der Waals surface area contributed by atoms with Crippen molar-refractivity contribution in [3.8, 4) is 28.3 Å². The number of anilines is 1. The number of aromatic amines is 1. The van der Waals surface area contributed by atoms with Gasteiger partial charge in [0.25, 0.3) is 5.91 Å². The van der Waals surface area contributed by atoms with E-state index in [9.17, 15) is 13.6 Å². The van der Waals surface area contributed by atoms with Gasteiger partial charge in [-0.05, 0) is 48.5 Å². The van der Waals surface area contributed by atoms with Gasteiger partial charge in [0.15, 0.2) is 5.13 Å². The maximum Gasteiger partial charge on any atom is 0.387 e. The van der Waals surface area contributed by atoms with E-state index >= 15 is 0 Å². The average Bonchev–Trinajstić information content (AvgIpc) is 3.38. The summed E-state index contributed by atoms with van der Waals surface area (Å²) in [5.74, 6) is -0.372. The van der Waals surface area contributed by atoms with Gasteiger partial charge in [0, 0.05) is 21.5 Å². The number of ether oxygens (including phenoxy) is 1. The first-order valence-corrected chi connectivity index (χ1v) is 10.4. The summed E-state index contributed by atoms with van der Waals surface area (Å²) in [6.45, 7) is -2.88. The van der Waals surface area contributed by atoms with Gasteiger partial charge >= 0.3 is 6.61 Å². The lowest BCUT2D eigenvalue weighted by Crippen LogP contribution is -2.12. The number of thiazole rings is 1. The molecule has 1 amide bonds. The molecule has 2 aromatic carbocycles. The van der Waals surface area contributed by atoms with Crippen LogP contribution in [0.4, 0.5) is 13.9 Å². The number of hydrogen-bond donors (Lipinski definition) is 2. The first-order valence-electron chi connectivity index (χ1n) is 8.72. The van der Waals surface area contributed by atoms with E-state index in [0.717, 1.165) is 0 Å². The Balaban J connectivity index is 1.45. The lowest BCUT2D eigenvalue weighted by atomic mass is 10.1. The van der Waals surface area contributed by atoms with Gasteiger partial charge in [0.05, 0.1) is 16.4 Å². The number of alkyl halides is 2. The van der Waals surface area contributed by atoms with E-state index in [4.69, 9.17) is 23.2 Å². The van der Waals surface area contributed by atoms with Gasteiger partial charge in [0.1, 0.15) is 11.4 Å². The average molecular weight is 481 g/mol. The van der Waals surface area contributed by atoms with E-state index in [1.807, 2.05) is 0 Å². The predicted molar refractivity (Wildman–Crippen MR) is 116 cm³/mol. The standard InChI is InChI=1S/C20H12Cl2F2N4O2S/c21-11-3-6-13(14(22)7-11)15-8-16(28-27-15)18(29)26-20-25-17(9-31-20)10-1-4-12(5-2-10)30-19(23)24/h1-9,19H,(H,27,28)(H,25,26,29). The number of hydrogen-bond acceptors (Lipinski definition) is 5. The smallest absolute Gasteiger partial charge is 0.387 e. The summed E-state index contributed by atoms with van der Waals surface area (Å²) in [5.41, 5.74) is 2.64. The molecule has 31 heavy (non-hydrogen) atoms. The monoisotopic (exact) mass is 480 g/mol. The zero-order chi connectivity index (χ0) is 22.0. The quantitative estimate of drug-likeness (QED) is 0.336. The molecule has 0 aliphatic carbocycles. The summed E-state index contributed by atoms with van der Waals surface area (Å²) in [6, 6.07) is 12.6. The summed E-state index contributed by atoms with van der Waals surface area (Å²) in [6.07, 6.45) is 0. The molecule has 0 atom stereocenters. The Morgan fingerprint density at radius 3 is 2.58 bits per heavy atom. The predicted octanol–water partition coefficient (Wildman–Crippen LogP) is 6.36. The van der Waals surface area contributed by atoms with Crippen LogP contribution in [0.2, 0.25) is 10.0 Å². The van der Waals surface area contributed by atoms with Crippen LogP contribution in [0.15, 0.2) is 53.9 Å². The first-order chi connectivity index (χ1) is 14.9. The third-order valence-corrected chi connectivity index (χ3v) is 5.43. The molecule has 0 spiro atoms. The third kappa shape index (κ3) is 5.01. The number of amides is 1. The Morgan fingerprint density at radius 2 is 1.87 bits per heavy atom. The van der Waals surface area contributed by atoms with E-state index in [1.165, 1.54) is 23.5 Å². The first kappa shape index (κ1) is 21.2. The molecule has 0 unspecified atom stereocenters. The van der Waals surface area contributed by atoms with Crippen molar-refractivity contribution in [2.24, 2.45) is 0 Å². The van der Waals surface area contributed by atoms with Gasteiger partial charge < -0.3 is 4.74 Å². The van der Waals surface area contributed by atoms with Crippen molar-refractivity contribution in [2.45, 2.75) is 6.61 Å². The van der Waals surface area contributed by atoms with Crippen LogP contribution in [-0.2, 0) is 0 Å². The number of carbonyl (C=O) groups excluding carboxylic acids is 1. The molecule has 4 rings (SSSR count). The zero-order valence-corrected chi connectivity index (χ0v) is 17.7. The molecule has 2 aromatic heterocycles. The summed E-state index contributed by atoms with van der Waals surface area (Å²) < 4.78 is 28.8. The molecule has 0 aliphatic rings. The van der Waals surface area contributed by atoms with Crippen LogP contribution < -0.4 is 10.1 Å².